The van der Waals surface area contributed by atoms with Gasteiger partial charge in [0, 0.05) is 21.1 Å². The van der Waals surface area contributed by atoms with Crippen molar-refractivity contribution in [2.24, 2.45) is 0 Å². The molecule has 100 valence electrons. The van der Waals surface area contributed by atoms with E-state index in [2.05, 4.69) is 20.9 Å². The van der Waals surface area contributed by atoms with Crippen LogP contribution in [0.25, 0.3) is 21.8 Å². The number of nitrogen functional groups attached to an aromatic ring is 1. The van der Waals surface area contributed by atoms with E-state index in [0.29, 0.717) is 20.7 Å². The molecule has 0 aliphatic rings. The third-order valence-corrected chi connectivity index (χ3v) is 4.44. The molecule has 1 heterocycles. The van der Waals surface area contributed by atoms with Crippen LogP contribution in [0.1, 0.15) is 0 Å². The average molecular weight is 349 g/mol. The van der Waals surface area contributed by atoms with Gasteiger partial charge in [0.15, 0.2) is 0 Å². The molecule has 3 aromatic rings. The quantitative estimate of drug-likeness (QED) is 0.664. The highest BCUT2D eigenvalue weighted by Gasteiger charge is 2.14. The number of nitrogens with zero attached hydrogens (tertiary/aromatic N) is 1. The lowest BCUT2D eigenvalue weighted by atomic mass is 10.1. The summed E-state index contributed by atoms with van der Waals surface area (Å²) in [4.78, 5) is 4.50. The minimum absolute atomic E-state index is 0.290. The molecule has 0 aliphatic heterocycles. The van der Waals surface area contributed by atoms with Crippen molar-refractivity contribution in [2.75, 3.05) is 5.73 Å². The lowest BCUT2D eigenvalue weighted by Gasteiger charge is -2.03. The van der Waals surface area contributed by atoms with E-state index < -0.39 is 0 Å². The normalized spacial score (nSPS) is 10.7. The molecule has 2 nitrogen and oxygen atoms in total. The van der Waals surface area contributed by atoms with Crippen LogP contribution >= 0.6 is 27.3 Å². The molecule has 0 unspecified atom stereocenters. The van der Waals surface area contributed by atoms with Gasteiger partial charge in [0.1, 0.15) is 10.8 Å². The first-order valence-corrected chi connectivity index (χ1v) is 7.59. The van der Waals surface area contributed by atoms with Gasteiger partial charge in [-0.15, -0.1) is 11.3 Å². The third-order valence-electron chi connectivity index (χ3n) is 2.92. The van der Waals surface area contributed by atoms with Gasteiger partial charge in [0.2, 0.25) is 0 Å². The fraction of sp³-hybridized carbons (Fsp3) is 0. The highest BCUT2D eigenvalue weighted by molar-refractivity contribution is 9.10. The number of rotatable bonds is 2. The van der Waals surface area contributed by atoms with Gasteiger partial charge in [-0.3, -0.25) is 0 Å². The number of hydrogen-bond donors (Lipinski definition) is 1. The van der Waals surface area contributed by atoms with Gasteiger partial charge in [-0.05, 0) is 34.1 Å². The number of benzene rings is 2. The molecule has 2 aromatic carbocycles. The zero-order valence-corrected chi connectivity index (χ0v) is 12.7. The summed E-state index contributed by atoms with van der Waals surface area (Å²) in [6.07, 6.45) is 0. The fourth-order valence-electron chi connectivity index (χ4n) is 1.94. The number of anilines is 1. The van der Waals surface area contributed by atoms with Crippen LogP contribution in [-0.4, -0.2) is 4.98 Å². The second-order valence-electron chi connectivity index (χ2n) is 4.22. The Balaban J connectivity index is 2.10. The predicted octanol–water partition coefficient (Wildman–Crippen LogP) is 4.96. The minimum Gasteiger partial charge on any atom is -0.398 e. The van der Waals surface area contributed by atoms with E-state index in [1.165, 1.54) is 17.4 Å². The summed E-state index contributed by atoms with van der Waals surface area (Å²) in [6.45, 7) is 0. The van der Waals surface area contributed by atoms with Crippen molar-refractivity contribution in [3.8, 4) is 21.8 Å². The molecule has 2 N–H and O–H groups in total. The first-order valence-electron chi connectivity index (χ1n) is 5.91. The van der Waals surface area contributed by atoms with Crippen molar-refractivity contribution in [1.82, 2.24) is 4.98 Å². The number of halogens is 2. The van der Waals surface area contributed by atoms with E-state index >= 15 is 0 Å². The molecule has 0 spiro atoms. The molecule has 0 radical (unpaired) electrons. The Morgan fingerprint density at radius 2 is 1.90 bits per heavy atom. The smallest absolute Gasteiger partial charge is 0.134 e. The van der Waals surface area contributed by atoms with Crippen LogP contribution in [0.4, 0.5) is 10.1 Å². The monoisotopic (exact) mass is 348 g/mol. The molecule has 20 heavy (non-hydrogen) atoms. The first kappa shape index (κ1) is 13.3. The second kappa shape index (κ2) is 5.34. The highest BCUT2D eigenvalue weighted by atomic mass is 79.9. The second-order valence-corrected chi connectivity index (χ2v) is 5.93. The van der Waals surface area contributed by atoms with Crippen molar-refractivity contribution in [1.29, 1.82) is 0 Å². The van der Waals surface area contributed by atoms with Gasteiger partial charge in [-0.1, -0.05) is 24.3 Å². The Morgan fingerprint density at radius 1 is 1.10 bits per heavy atom. The van der Waals surface area contributed by atoms with Crippen molar-refractivity contribution < 1.29 is 4.39 Å². The molecular formula is C15H10BrFN2S. The van der Waals surface area contributed by atoms with Gasteiger partial charge < -0.3 is 5.73 Å². The fourth-order valence-corrected chi connectivity index (χ4v) is 3.48. The zero-order chi connectivity index (χ0) is 14.1. The molecule has 1 aromatic heterocycles. The van der Waals surface area contributed by atoms with Gasteiger partial charge in [-0.2, -0.15) is 0 Å². The van der Waals surface area contributed by atoms with E-state index in [0.717, 1.165) is 11.3 Å². The van der Waals surface area contributed by atoms with Crippen LogP contribution in [0.5, 0.6) is 0 Å². The number of nitrogens with two attached hydrogens (primary N) is 1. The van der Waals surface area contributed by atoms with Crippen LogP contribution in [0.3, 0.4) is 0 Å². The van der Waals surface area contributed by atoms with Gasteiger partial charge >= 0.3 is 0 Å². The van der Waals surface area contributed by atoms with E-state index in [-0.39, 0.29) is 5.82 Å². The van der Waals surface area contributed by atoms with Gasteiger partial charge in [-0.25, -0.2) is 9.37 Å². The topological polar surface area (TPSA) is 38.9 Å². The van der Waals surface area contributed by atoms with Crippen LogP contribution in [0.15, 0.2) is 52.3 Å². The minimum atomic E-state index is -0.290. The summed E-state index contributed by atoms with van der Waals surface area (Å²) >= 11 is 4.76. The van der Waals surface area contributed by atoms with E-state index in [1.54, 1.807) is 12.1 Å². The molecule has 0 saturated heterocycles. The lowest BCUT2D eigenvalue weighted by Crippen LogP contribution is -1.90. The van der Waals surface area contributed by atoms with Crippen molar-refractivity contribution in [2.45, 2.75) is 0 Å². The summed E-state index contributed by atoms with van der Waals surface area (Å²) in [5.74, 6) is -0.290. The summed E-state index contributed by atoms with van der Waals surface area (Å²) in [7, 11) is 0. The third kappa shape index (κ3) is 2.34. The molecule has 5 heteroatoms. The van der Waals surface area contributed by atoms with E-state index in [4.69, 9.17) is 5.73 Å². The molecule has 0 aliphatic carbocycles. The number of aromatic nitrogens is 1. The Kier molecular flexibility index (Phi) is 3.54. The Morgan fingerprint density at radius 3 is 2.65 bits per heavy atom. The number of hydrogen-bond acceptors (Lipinski definition) is 3. The maximum atomic E-state index is 13.9. The van der Waals surface area contributed by atoms with Gasteiger partial charge in [0.05, 0.1) is 11.3 Å². The average Bonchev–Trinajstić information content (AvgIpc) is 2.88. The SMILES string of the molecule is Nc1ccccc1-c1csc(-c2c(F)cccc2Br)n1. The summed E-state index contributed by atoms with van der Waals surface area (Å²) in [5, 5.41) is 2.52. The summed E-state index contributed by atoms with van der Waals surface area (Å²) < 4.78 is 14.6. The van der Waals surface area contributed by atoms with Crippen LogP contribution < -0.4 is 5.73 Å². The molecule has 0 fully saturated rings. The molecule has 0 bridgehead atoms. The maximum Gasteiger partial charge on any atom is 0.134 e. The van der Waals surface area contributed by atoms with Crippen molar-refractivity contribution >= 4 is 33.0 Å². The van der Waals surface area contributed by atoms with Crippen molar-refractivity contribution in [3.63, 3.8) is 0 Å². The van der Waals surface area contributed by atoms with Crippen molar-refractivity contribution in [3.05, 3.63) is 58.1 Å². The Hall–Kier alpha value is -1.72. The van der Waals surface area contributed by atoms with Crippen LogP contribution in [-0.2, 0) is 0 Å². The number of thiazole rings is 1. The maximum absolute atomic E-state index is 13.9. The Bertz CT molecular complexity index is 750. The molecular weight excluding hydrogens is 339 g/mol. The van der Waals surface area contributed by atoms with E-state index in [9.17, 15) is 4.39 Å². The predicted molar refractivity (Wildman–Crippen MR) is 85.1 cm³/mol. The van der Waals surface area contributed by atoms with E-state index in [1.807, 2.05) is 29.6 Å². The standard InChI is InChI=1S/C15H10BrFN2S/c16-10-5-3-6-11(17)14(10)15-19-13(8-20-15)9-4-1-2-7-12(9)18/h1-8H,18H2. The Labute approximate surface area is 128 Å². The molecule has 0 saturated carbocycles. The number of para-hydroxylation sites is 1. The van der Waals surface area contributed by atoms with Crippen LogP contribution in [0, 0.1) is 5.82 Å². The largest absolute Gasteiger partial charge is 0.398 e. The molecule has 0 atom stereocenters. The molecule has 0 amide bonds. The lowest BCUT2D eigenvalue weighted by molar-refractivity contribution is 0.630. The summed E-state index contributed by atoms with van der Waals surface area (Å²) in [6, 6.07) is 12.4. The summed E-state index contributed by atoms with van der Waals surface area (Å²) in [5.41, 5.74) is 8.72. The highest BCUT2D eigenvalue weighted by Crippen LogP contribution is 2.36. The zero-order valence-electron chi connectivity index (χ0n) is 10.3. The van der Waals surface area contributed by atoms with Crippen LogP contribution in [0.2, 0.25) is 0 Å². The first-order chi connectivity index (χ1) is 9.66. The van der Waals surface area contributed by atoms with Gasteiger partial charge in [0.25, 0.3) is 0 Å². The molecule has 3 rings (SSSR count).